The van der Waals surface area contributed by atoms with E-state index in [2.05, 4.69) is 10.3 Å². The molecule has 3 rings (SSSR count). The van der Waals surface area contributed by atoms with Gasteiger partial charge in [0.25, 0.3) is 5.91 Å². The van der Waals surface area contributed by atoms with Crippen molar-refractivity contribution in [1.29, 1.82) is 0 Å². The van der Waals surface area contributed by atoms with E-state index in [9.17, 15) is 4.79 Å². The van der Waals surface area contributed by atoms with Crippen molar-refractivity contribution in [2.24, 2.45) is 0 Å². The van der Waals surface area contributed by atoms with Gasteiger partial charge in [0.2, 0.25) is 0 Å². The number of fused-ring (bicyclic) bond motifs is 1. The van der Waals surface area contributed by atoms with E-state index in [1.165, 1.54) is 0 Å². The second-order valence-electron chi connectivity index (χ2n) is 6.03. The van der Waals surface area contributed by atoms with Crippen LogP contribution in [0.1, 0.15) is 41.2 Å². The third kappa shape index (κ3) is 3.22. The topological polar surface area (TPSA) is 55.6 Å². The lowest BCUT2D eigenvalue weighted by Crippen LogP contribution is -2.17. The number of rotatable bonds is 5. The second-order valence-corrected chi connectivity index (χ2v) is 6.03. The molecule has 0 saturated heterocycles. The van der Waals surface area contributed by atoms with Gasteiger partial charge in [-0.15, -0.1) is 0 Å². The van der Waals surface area contributed by atoms with Gasteiger partial charge in [0.05, 0.1) is 12.3 Å². The minimum absolute atomic E-state index is 0.160. The highest BCUT2D eigenvalue weighted by Crippen LogP contribution is 2.24. The number of imidazole rings is 1. The Balaban J connectivity index is 2.06. The molecule has 0 saturated carbocycles. The van der Waals surface area contributed by atoms with E-state index < -0.39 is 0 Å². The Morgan fingerprint density at radius 1 is 1.24 bits per heavy atom. The molecule has 1 aromatic carbocycles. The minimum atomic E-state index is -0.160. The Hall–Kier alpha value is -2.82. The van der Waals surface area contributed by atoms with E-state index in [0.717, 1.165) is 22.5 Å². The summed E-state index contributed by atoms with van der Waals surface area (Å²) in [6, 6.07) is 9.76. The molecule has 5 heteroatoms. The Bertz CT molecular complexity index is 928. The van der Waals surface area contributed by atoms with Gasteiger partial charge >= 0.3 is 0 Å². The molecule has 130 valence electrons. The summed E-state index contributed by atoms with van der Waals surface area (Å²) in [5.74, 6) is 0.525. The molecule has 2 heterocycles. The van der Waals surface area contributed by atoms with Crippen LogP contribution in [0.2, 0.25) is 0 Å². The molecule has 0 aliphatic rings. The summed E-state index contributed by atoms with van der Waals surface area (Å²) in [7, 11) is 0. The highest BCUT2D eigenvalue weighted by molar-refractivity contribution is 6.05. The first kappa shape index (κ1) is 17.0. The largest absolute Gasteiger partial charge is 0.490 e. The molecule has 0 spiro atoms. The highest BCUT2D eigenvalue weighted by atomic mass is 16.5. The summed E-state index contributed by atoms with van der Waals surface area (Å²) in [5.41, 5.74) is 4.94. The van der Waals surface area contributed by atoms with E-state index in [1.807, 2.05) is 68.6 Å². The maximum absolute atomic E-state index is 13.0. The van der Waals surface area contributed by atoms with Gasteiger partial charge < -0.3 is 10.1 Å². The lowest BCUT2D eigenvalue weighted by Gasteiger charge is -2.10. The summed E-state index contributed by atoms with van der Waals surface area (Å²) in [5, 5.41) is 3.03. The monoisotopic (exact) mass is 337 g/mol. The number of hydrogen-bond donors (Lipinski definition) is 1. The van der Waals surface area contributed by atoms with E-state index in [0.29, 0.717) is 30.1 Å². The maximum Gasteiger partial charge on any atom is 0.274 e. The summed E-state index contributed by atoms with van der Waals surface area (Å²) in [6.07, 6.45) is 2.52. The predicted octanol–water partition coefficient (Wildman–Crippen LogP) is 4.16. The zero-order valence-electron chi connectivity index (χ0n) is 15.1. The number of aryl methyl sites for hydroxylation is 3. The zero-order chi connectivity index (χ0) is 18.0. The van der Waals surface area contributed by atoms with Gasteiger partial charge in [-0.05, 0) is 56.5 Å². The van der Waals surface area contributed by atoms with Gasteiger partial charge in [-0.3, -0.25) is 9.20 Å². The number of carbonyl (C=O) groups excluding carboxylic acids is 1. The maximum atomic E-state index is 13.0. The first-order valence-electron chi connectivity index (χ1n) is 8.56. The number of pyridine rings is 1. The Morgan fingerprint density at radius 3 is 2.76 bits per heavy atom. The number of aromatic nitrogens is 2. The molecular formula is C20H23N3O2. The van der Waals surface area contributed by atoms with Crippen LogP contribution in [0, 0.1) is 13.8 Å². The van der Waals surface area contributed by atoms with Crippen molar-refractivity contribution in [2.45, 2.75) is 34.1 Å². The molecule has 1 N–H and O–H groups in total. The van der Waals surface area contributed by atoms with E-state index in [-0.39, 0.29) is 5.91 Å². The predicted molar refractivity (Wildman–Crippen MR) is 99.6 cm³/mol. The van der Waals surface area contributed by atoms with Crippen LogP contribution in [0.4, 0.5) is 5.69 Å². The quantitative estimate of drug-likeness (QED) is 0.760. The van der Waals surface area contributed by atoms with E-state index >= 15 is 0 Å². The minimum Gasteiger partial charge on any atom is -0.490 e. The summed E-state index contributed by atoms with van der Waals surface area (Å²) >= 11 is 0. The smallest absolute Gasteiger partial charge is 0.274 e. The summed E-state index contributed by atoms with van der Waals surface area (Å²) in [6.45, 7) is 8.47. The molecule has 0 bridgehead atoms. The molecule has 3 aromatic rings. The molecule has 0 radical (unpaired) electrons. The first-order valence-corrected chi connectivity index (χ1v) is 8.56. The van der Waals surface area contributed by atoms with Crippen molar-refractivity contribution in [3.05, 3.63) is 59.0 Å². The molecule has 0 aliphatic heterocycles. The third-order valence-corrected chi connectivity index (χ3v) is 4.18. The number of ether oxygens (including phenoxy) is 1. The zero-order valence-corrected chi connectivity index (χ0v) is 15.1. The number of benzene rings is 1. The van der Waals surface area contributed by atoms with Crippen molar-refractivity contribution < 1.29 is 9.53 Å². The molecule has 2 aromatic heterocycles. The van der Waals surface area contributed by atoms with Gasteiger partial charge in [-0.1, -0.05) is 19.1 Å². The standard InChI is InChI=1S/C20H23N3O2/c1-5-15-18(20(24)22-16-12-13(3)9-10-14(16)4)23-11-7-8-17(25-6-2)19(23)21-15/h7-12H,5-6H2,1-4H3,(H,22,24). The molecular weight excluding hydrogens is 314 g/mol. The van der Waals surface area contributed by atoms with Crippen molar-refractivity contribution in [3.8, 4) is 5.75 Å². The molecule has 0 aliphatic carbocycles. The van der Waals surface area contributed by atoms with E-state index in [4.69, 9.17) is 4.74 Å². The number of nitrogens with zero attached hydrogens (tertiary/aromatic N) is 2. The number of hydrogen-bond acceptors (Lipinski definition) is 3. The summed E-state index contributed by atoms with van der Waals surface area (Å²) in [4.78, 5) is 17.6. The number of nitrogens with one attached hydrogen (secondary N) is 1. The van der Waals surface area contributed by atoms with E-state index in [1.54, 1.807) is 0 Å². The van der Waals surface area contributed by atoms with Gasteiger partial charge in [0, 0.05) is 11.9 Å². The molecule has 25 heavy (non-hydrogen) atoms. The molecule has 5 nitrogen and oxygen atoms in total. The molecule has 0 fully saturated rings. The van der Waals surface area contributed by atoms with Crippen molar-refractivity contribution in [2.75, 3.05) is 11.9 Å². The van der Waals surface area contributed by atoms with Crippen LogP contribution in [-0.2, 0) is 6.42 Å². The lowest BCUT2D eigenvalue weighted by atomic mass is 10.1. The van der Waals surface area contributed by atoms with Gasteiger partial charge in [-0.25, -0.2) is 4.98 Å². The van der Waals surface area contributed by atoms with Crippen molar-refractivity contribution in [1.82, 2.24) is 9.38 Å². The van der Waals surface area contributed by atoms with Crippen LogP contribution in [0.3, 0.4) is 0 Å². The van der Waals surface area contributed by atoms with Crippen LogP contribution < -0.4 is 10.1 Å². The fourth-order valence-electron chi connectivity index (χ4n) is 2.90. The Morgan fingerprint density at radius 2 is 2.04 bits per heavy atom. The Labute approximate surface area is 147 Å². The fourth-order valence-corrected chi connectivity index (χ4v) is 2.90. The van der Waals surface area contributed by atoms with Crippen LogP contribution in [0.5, 0.6) is 5.75 Å². The molecule has 0 unspecified atom stereocenters. The van der Waals surface area contributed by atoms with Crippen LogP contribution in [-0.4, -0.2) is 21.9 Å². The van der Waals surface area contributed by atoms with Crippen LogP contribution >= 0.6 is 0 Å². The van der Waals surface area contributed by atoms with Gasteiger partial charge in [0.15, 0.2) is 11.4 Å². The van der Waals surface area contributed by atoms with Gasteiger partial charge in [-0.2, -0.15) is 0 Å². The Kier molecular flexibility index (Phi) is 4.74. The summed E-state index contributed by atoms with van der Waals surface area (Å²) < 4.78 is 7.46. The van der Waals surface area contributed by atoms with Crippen molar-refractivity contribution >= 4 is 17.2 Å². The molecule has 1 amide bonds. The second kappa shape index (κ2) is 6.97. The number of anilines is 1. The lowest BCUT2D eigenvalue weighted by molar-refractivity contribution is 0.102. The fraction of sp³-hybridized carbons (Fsp3) is 0.300. The van der Waals surface area contributed by atoms with Gasteiger partial charge in [0.1, 0.15) is 5.69 Å². The SMILES string of the molecule is CCOc1cccn2c(C(=O)Nc3cc(C)ccc3C)c(CC)nc12. The average molecular weight is 337 g/mol. The first-order chi connectivity index (χ1) is 12.0. The van der Waals surface area contributed by atoms with Crippen LogP contribution in [0.15, 0.2) is 36.5 Å². The number of carbonyl (C=O) groups is 1. The molecule has 0 atom stereocenters. The van der Waals surface area contributed by atoms with Crippen LogP contribution in [0.25, 0.3) is 5.65 Å². The van der Waals surface area contributed by atoms with Crippen molar-refractivity contribution in [3.63, 3.8) is 0 Å². The number of amides is 1. The highest BCUT2D eigenvalue weighted by Gasteiger charge is 2.20. The third-order valence-electron chi connectivity index (χ3n) is 4.18. The average Bonchev–Trinajstić information content (AvgIpc) is 2.98. The normalized spacial score (nSPS) is 10.9.